The van der Waals surface area contributed by atoms with Gasteiger partial charge in [0.1, 0.15) is 0 Å². The Balaban J connectivity index is 1.69. The number of rotatable bonds is 4. The quantitative estimate of drug-likeness (QED) is 0.795. The highest BCUT2D eigenvalue weighted by molar-refractivity contribution is 4.89. The lowest BCUT2D eigenvalue weighted by Crippen LogP contribution is -2.40. The molecule has 0 bridgehead atoms. The van der Waals surface area contributed by atoms with E-state index in [4.69, 9.17) is 5.73 Å². The zero-order chi connectivity index (χ0) is 11.4. The van der Waals surface area contributed by atoms with Crippen molar-refractivity contribution < 1.29 is 0 Å². The number of hydrogen-bond donors (Lipinski definition) is 1. The monoisotopic (exact) mass is 224 g/mol. The molecule has 2 N–H and O–H groups in total. The van der Waals surface area contributed by atoms with Gasteiger partial charge in [-0.05, 0) is 63.6 Å². The Morgan fingerprint density at radius 3 is 2.31 bits per heavy atom. The van der Waals surface area contributed by atoms with Crippen LogP contribution in [0.2, 0.25) is 0 Å². The standard InChI is InChI=1S/C14H28N2/c1-2-13(15)5-10-16-11-8-14(9-12-16)6-3-4-7-14/h13H,2-12,15H2,1H3. The van der Waals surface area contributed by atoms with Gasteiger partial charge in [0.05, 0.1) is 0 Å². The highest BCUT2D eigenvalue weighted by atomic mass is 15.1. The van der Waals surface area contributed by atoms with Gasteiger partial charge in [0.25, 0.3) is 0 Å². The molecule has 0 aromatic carbocycles. The molecule has 2 rings (SSSR count). The minimum absolute atomic E-state index is 0.419. The van der Waals surface area contributed by atoms with E-state index in [-0.39, 0.29) is 0 Å². The van der Waals surface area contributed by atoms with Crippen LogP contribution in [-0.4, -0.2) is 30.6 Å². The van der Waals surface area contributed by atoms with Crippen LogP contribution in [0.1, 0.15) is 58.3 Å². The van der Waals surface area contributed by atoms with Crippen molar-refractivity contribution in [1.29, 1.82) is 0 Å². The summed E-state index contributed by atoms with van der Waals surface area (Å²) in [4.78, 5) is 2.64. The van der Waals surface area contributed by atoms with Crippen LogP contribution >= 0.6 is 0 Å². The zero-order valence-corrected chi connectivity index (χ0v) is 10.9. The molecule has 1 heterocycles. The van der Waals surface area contributed by atoms with E-state index in [9.17, 15) is 0 Å². The van der Waals surface area contributed by atoms with Crippen molar-refractivity contribution in [3.05, 3.63) is 0 Å². The maximum atomic E-state index is 5.98. The first-order chi connectivity index (χ1) is 7.74. The number of piperidine rings is 1. The number of hydrogen-bond acceptors (Lipinski definition) is 2. The summed E-state index contributed by atoms with van der Waals surface area (Å²) in [6.07, 6.45) is 11.2. The van der Waals surface area contributed by atoms with E-state index in [1.807, 2.05) is 0 Å². The average molecular weight is 224 g/mol. The molecular formula is C14H28N2. The van der Waals surface area contributed by atoms with Gasteiger partial charge in [-0.2, -0.15) is 0 Å². The van der Waals surface area contributed by atoms with E-state index in [1.165, 1.54) is 64.6 Å². The van der Waals surface area contributed by atoms with E-state index in [2.05, 4.69) is 11.8 Å². The molecule has 1 atom stereocenters. The van der Waals surface area contributed by atoms with Crippen molar-refractivity contribution in [2.45, 2.75) is 64.3 Å². The summed E-state index contributed by atoms with van der Waals surface area (Å²) < 4.78 is 0. The van der Waals surface area contributed by atoms with Gasteiger partial charge in [0.15, 0.2) is 0 Å². The van der Waals surface area contributed by atoms with Gasteiger partial charge in [-0.25, -0.2) is 0 Å². The summed E-state index contributed by atoms with van der Waals surface area (Å²) in [7, 11) is 0. The van der Waals surface area contributed by atoms with Gasteiger partial charge >= 0.3 is 0 Å². The van der Waals surface area contributed by atoms with Crippen LogP contribution < -0.4 is 5.73 Å². The zero-order valence-electron chi connectivity index (χ0n) is 10.9. The van der Waals surface area contributed by atoms with Gasteiger partial charge < -0.3 is 10.6 Å². The van der Waals surface area contributed by atoms with Crippen molar-refractivity contribution >= 4 is 0 Å². The van der Waals surface area contributed by atoms with Crippen LogP contribution in [0, 0.1) is 5.41 Å². The predicted octanol–water partition coefficient (Wildman–Crippen LogP) is 2.77. The smallest absolute Gasteiger partial charge is 0.00483 e. The molecule has 94 valence electrons. The third-order valence-electron chi connectivity index (χ3n) is 4.92. The normalized spacial score (nSPS) is 27.4. The van der Waals surface area contributed by atoms with Crippen LogP contribution in [0.15, 0.2) is 0 Å². The predicted molar refractivity (Wildman–Crippen MR) is 69.5 cm³/mol. The van der Waals surface area contributed by atoms with Gasteiger partial charge in [-0.15, -0.1) is 0 Å². The molecule has 0 aromatic rings. The molecule has 2 heteroatoms. The molecule has 1 saturated carbocycles. The summed E-state index contributed by atoms with van der Waals surface area (Å²) in [6, 6.07) is 0.419. The van der Waals surface area contributed by atoms with E-state index in [1.54, 1.807) is 0 Å². The van der Waals surface area contributed by atoms with E-state index < -0.39 is 0 Å². The second-order valence-electron chi connectivity index (χ2n) is 6.01. The molecule has 1 aliphatic heterocycles. The molecule has 1 spiro atoms. The van der Waals surface area contributed by atoms with Crippen molar-refractivity contribution in [3.63, 3.8) is 0 Å². The molecule has 0 amide bonds. The van der Waals surface area contributed by atoms with Crippen LogP contribution in [0.5, 0.6) is 0 Å². The fourth-order valence-corrected chi connectivity index (χ4v) is 3.43. The molecule has 2 aliphatic rings. The van der Waals surface area contributed by atoms with Gasteiger partial charge in [0, 0.05) is 6.04 Å². The molecule has 0 aromatic heterocycles. The number of nitrogens with zero attached hydrogens (tertiary/aromatic N) is 1. The molecule has 0 radical (unpaired) electrons. The summed E-state index contributed by atoms with van der Waals surface area (Å²) in [5.41, 5.74) is 6.75. The highest BCUT2D eigenvalue weighted by Crippen LogP contribution is 2.46. The van der Waals surface area contributed by atoms with Crippen molar-refractivity contribution in [1.82, 2.24) is 4.90 Å². The van der Waals surface area contributed by atoms with Gasteiger partial charge in [0.2, 0.25) is 0 Å². The Hall–Kier alpha value is -0.0800. The molecule has 2 fully saturated rings. The Kier molecular flexibility index (Phi) is 4.26. The first kappa shape index (κ1) is 12.4. The van der Waals surface area contributed by atoms with Crippen LogP contribution in [0.4, 0.5) is 0 Å². The van der Waals surface area contributed by atoms with E-state index in [0.29, 0.717) is 6.04 Å². The minimum atomic E-state index is 0.419. The SMILES string of the molecule is CCC(N)CCN1CCC2(CCCC2)CC1. The van der Waals surface area contributed by atoms with E-state index >= 15 is 0 Å². The highest BCUT2D eigenvalue weighted by Gasteiger charge is 2.36. The molecule has 1 unspecified atom stereocenters. The minimum Gasteiger partial charge on any atom is -0.328 e. The van der Waals surface area contributed by atoms with E-state index in [0.717, 1.165) is 11.8 Å². The molecule has 1 aliphatic carbocycles. The maximum Gasteiger partial charge on any atom is 0.00483 e. The second kappa shape index (κ2) is 5.50. The molecule has 16 heavy (non-hydrogen) atoms. The largest absolute Gasteiger partial charge is 0.328 e. The Labute approximate surface area is 101 Å². The van der Waals surface area contributed by atoms with Crippen molar-refractivity contribution in [3.8, 4) is 0 Å². The lowest BCUT2D eigenvalue weighted by molar-refractivity contribution is 0.106. The summed E-state index contributed by atoms with van der Waals surface area (Å²) >= 11 is 0. The lowest BCUT2D eigenvalue weighted by Gasteiger charge is -2.39. The Bertz CT molecular complexity index is 199. The van der Waals surface area contributed by atoms with Crippen molar-refractivity contribution in [2.24, 2.45) is 11.1 Å². The van der Waals surface area contributed by atoms with Gasteiger partial charge in [-0.3, -0.25) is 0 Å². The molecule has 2 nitrogen and oxygen atoms in total. The molecular weight excluding hydrogens is 196 g/mol. The van der Waals surface area contributed by atoms with Gasteiger partial charge in [-0.1, -0.05) is 19.8 Å². The Morgan fingerprint density at radius 2 is 1.75 bits per heavy atom. The number of likely N-dealkylation sites (tertiary alicyclic amines) is 1. The Morgan fingerprint density at radius 1 is 1.12 bits per heavy atom. The topological polar surface area (TPSA) is 29.3 Å². The van der Waals surface area contributed by atoms with Crippen LogP contribution in [0.3, 0.4) is 0 Å². The fourth-order valence-electron chi connectivity index (χ4n) is 3.43. The molecule has 1 saturated heterocycles. The third kappa shape index (κ3) is 2.98. The average Bonchev–Trinajstić information content (AvgIpc) is 2.77. The van der Waals surface area contributed by atoms with Crippen LogP contribution in [-0.2, 0) is 0 Å². The second-order valence-corrected chi connectivity index (χ2v) is 6.01. The summed E-state index contributed by atoms with van der Waals surface area (Å²) in [6.45, 7) is 6.08. The van der Waals surface area contributed by atoms with Crippen LogP contribution in [0.25, 0.3) is 0 Å². The number of nitrogens with two attached hydrogens (primary N) is 1. The first-order valence-corrected chi connectivity index (χ1v) is 7.22. The fraction of sp³-hybridized carbons (Fsp3) is 1.00. The maximum absolute atomic E-state index is 5.98. The lowest BCUT2D eigenvalue weighted by atomic mass is 9.77. The third-order valence-corrected chi connectivity index (χ3v) is 4.92. The summed E-state index contributed by atoms with van der Waals surface area (Å²) in [5.74, 6) is 0. The van der Waals surface area contributed by atoms with Crippen molar-refractivity contribution in [2.75, 3.05) is 19.6 Å². The summed E-state index contributed by atoms with van der Waals surface area (Å²) in [5, 5.41) is 0. The first-order valence-electron chi connectivity index (χ1n) is 7.22.